The topological polar surface area (TPSA) is 129 Å². The monoisotopic (exact) mass is 502 g/mol. The number of rotatable bonds is 9. The van der Waals surface area contributed by atoms with Gasteiger partial charge in [0.25, 0.3) is 24.7 Å². The van der Waals surface area contributed by atoms with E-state index < -0.39 is 48.6 Å². The molecule has 2 amide bonds. The average Bonchev–Trinajstić information content (AvgIpc) is 3.46. The smallest absolute Gasteiger partial charge is 0.341 e. The second-order valence-corrected chi connectivity index (χ2v) is 7.84. The third-order valence-electron chi connectivity index (χ3n) is 4.55. The van der Waals surface area contributed by atoms with Gasteiger partial charge in [0.1, 0.15) is 22.1 Å². The van der Waals surface area contributed by atoms with Crippen LogP contribution in [0.3, 0.4) is 0 Å². The Bertz CT molecular complexity index is 1230. The summed E-state index contributed by atoms with van der Waals surface area (Å²) in [5.41, 5.74) is 3.97. The Balaban J connectivity index is 1.84. The Labute approximate surface area is 193 Å². The minimum absolute atomic E-state index is 0.00124. The fourth-order valence-corrected chi connectivity index (χ4v) is 4.09. The summed E-state index contributed by atoms with van der Waals surface area (Å²) in [6.45, 7) is 2.68. The molecule has 3 rings (SSSR count). The molecule has 9 nitrogen and oxygen atoms in total. The number of aromatic nitrogens is 2. The van der Waals surface area contributed by atoms with Crippen molar-refractivity contribution in [3.8, 4) is 0 Å². The Morgan fingerprint density at radius 1 is 1.24 bits per heavy atom. The molecular weight excluding hydrogens is 484 g/mol. The van der Waals surface area contributed by atoms with E-state index in [0.717, 1.165) is 11.3 Å². The number of carbonyl (C=O) groups is 3. The van der Waals surface area contributed by atoms with Crippen LogP contribution in [0.15, 0.2) is 22.6 Å². The van der Waals surface area contributed by atoms with Gasteiger partial charge >= 0.3 is 5.97 Å². The normalized spacial score (nSPS) is 11.3. The number of thiophene rings is 1. The van der Waals surface area contributed by atoms with E-state index in [9.17, 15) is 31.9 Å². The van der Waals surface area contributed by atoms with Crippen molar-refractivity contribution in [2.24, 2.45) is 5.73 Å². The summed E-state index contributed by atoms with van der Waals surface area (Å²) in [5.74, 6) is -2.67. The number of nitrogens with two attached hydrogens (primary N) is 1. The van der Waals surface area contributed by atoms with Gasteiger partial charge in [0.2, 0.25) is 0 Å². The average molecular weight is 502 g/mol. The zero-order chi connectivity index (χ0) is 25.2. The predicted molar refractivity (Wildman–Crippen MR) is 111 cm³/mol. The van der Waals surface area contributed by atoms with Gasteiger partial charge in [-0.1, -0.05) is 0 Å². The summed E-state index contributed by atoms with van der Waals surface area (Å²) in [5, 5.41) is 5.90. The van der Waals surface area contributed by atoms with Gasteiger partial charge in [-0.15, -0.1) is 11.3 Å². The van der Waals surface area contributed by atoms with Crippen molar-refractivity contribution in [3.63, 3.8) is 0 Å². The lowest BCUT2D eigenvalue weighted by molar-refractivity contribution is 0.0527. The van der Waals surface area contributed by atoms with Crippen molar-refractivity contribution in [1.82, 2.24) is 9.78 Å². The van der Waals surface area contributed by atoms with E-state index in [2.05, 4.69) is 10.4 Å². The maximum absolute atomic E-state index is 13.2. The first-order valence-corrected chi connectivity index (χ1v) is 10.5. The third kappa shape index (κ3) is 5.11. The van der Waals surface area contributed by atoms with Gasteiger partial charge in [0.15, 0.2) is 5.76 Å². The molecule has 3 aromatic rings. The Morgan fingerprint density at radius 3 is 2.53 bits per heavy atom. The van der Waals surface area contributed by atoms with Gasteiger partial charge < -0.3 is 20.2 Å². The molecule has 182 valence electrons. The van der Waals surface area contributed by atoms with E-state index in [4.69, 9.17) is 14.9 Å². The number of nitrogens with zero attached hydrogens (tertiary/aromatic N) is 2. The molecule has 0 aliphatic carbocycles. The third-order valence-corrected chi connectivity index (χ3v) is 5.77. The van der Waals surface area contributed by atoms with Crippen LogP contribution in [-0.4, -0.2) is 34.2 Å². The van der Waals surface area contributed by atoms with E-state index in [1.165, 1.54) is 19.1 Å². The van der Waals surface area contributed by atoms with Crippen molar-refractivity contribution >= 4 is 34.1 Å². The first-order chi connectivity index (χ1) is 16.0. The molecule has 34 heavy (non-hydrogen) atoms. The highest BCUT2D eigenvalue weighted by atomic mass is 32.1. The summed E-state index contributed by atoms with van der Waals surface area (Å²) in [6.07, 6.45) is -6.09. The standard InChI is InChI=1S/C20H18F4N4O5S/c1-3-32-20(31)13-8(2)14(17(25)29)34-19(13)26-18(30)12-5-4-9(33-12)7-28-11(16(23)24)6-10(27-28)15(21)22/h4-6,15-16H,3,7H2,1-2H3,(H2,25,29)(H,26,30). The highest BCUT2D eigenvalue weighted by Gasteiger charge is 2.27. The van der Waals surface area contributed by atoms with E-state index in [1.807, 2.05) is 0 Å². The number of primary amides is 1. The van der Waals surface area contributed by atoms with E-state index in [1.54, 1.807) is 6.92 Å². The fraction of sp³-hybridized carbons (Fsp3) is 0.300. The largest absolute Gasteiger partial charge is 0.462 e. The van der Waals surface area contributed by atoms with Gasteiger partial charge in [0, 0.05) is 0 Å². The number of furan rings is 1. The van der Waals surface area contributed by atoms with E-state index in [0.29, 0.717) is 10.7 Å². The molecule has 0 aliphatic heterocycles. The predicted octanol–water partition coefficient (Wildman–Crippen LogP) is 4.30. The van der Waals surface area contributed by atoms with Gasteiger partial charge in [0.05, 0.1) is 23.6 Å². The molecule has 0 unspecified atom stereocenters. The first kappa shape index (κ1) is 25.0. The maximum atomic E-state index is 13.2. The molecule has 0 fully saturated rings. The van der Waals surface area contributed by atoms with Crippen LogP contribution >= 0.6 is 11.3 Å². The van der Waals surface area contributed by atoms with Crippen LogP contribution in [0.2, 0.25) is 0 Å². The van der Waals surface area contributed by atoms with Crippen LogP contribution in [0.25, 0.3) is 0 Å². The van der Waals surface area contributed by atoms with Crippen LogP contribution in [0.1, 0.15) is 73.1 Å². The zero-order valence-corrected chi connectivity index (χ0v) is 18.6. The lowest BCUT2D eigenvalue weighted by Gasteiger charge is -2.06. The molecule has 0 saturated carbocycles. The summed E-state index contributed by atoms with van der Waals surface area (Å²) < 4.78 is 63.0. The molecule has 14 heteroatoms. The highest BCUT2D eigenvalue weighted by Crippen LogP contribution is 2.34. The lowest BCUT2D eigenvalue weighted by atomic mass is 10.1. The fourth-order valence-electron chi connectivity index (χ4n) is 3.04. The second kappa shape index (κ2) is 10.1. The minimum atomic E-state index is -3.06. The van der Waals surface area contributed by atoms with Crippen LogP contribution in [0, 0.1) is 6.92 Å². The maximum Gasteiger partial charge on any atom is 0.341 e. The van der Waals surface area contributed by atoms with Crippen molar-refractivity contribution < 1.29 is 41.1 Å². The number of ether oxygens (including phenoxy) is 1. The molecule has 0 atom stereocenters. The number of anilines is 1. The molecule has 0 spiro atoms. The SMILES string of the molecule is CCOC(=O)c1c(NC(=O)c2ccc(Cn3nc(C(F)F)cc3C(F)F)o2)sc(C(N)=O)c1C. The number of hydrogen-bond acceptors (Lipinski definition) is 7. The molecule has 3 aromatic heterocycles. The summed E-state index contributed by atoms with van der Waals surface area (Å²) in [7, 11) is 0. The molecule has 0 aromatic carbocycles. The molecule has 0 radical (unpaired) electrons. The Kier molecular flexibility index (Phi) is 7.39. The van der Waals surface area contributed by atoms with Crippen LogP contribution in [0.4, 0.5) is 22.6 Å². The summed E-state index contributed by atoms with van der Waals surface area (Å²) in [6, 6.07) is 3.11. The molecule has 0 saturated heterocycles. The van der Waals surface area contributed by atoms with Gasteiger partial charge in [-0.3, -0.25) is 14.3 Å². The lowest BCUT2D eigenvalue weighted by Crippen LogP contribution is -2.14. The molecular formula is C20H18F4N4O5S. The number of halogens is 4. The van der Waals surface area contributed by atoms with Gasteiger partial charge in [-0.25, -0.2) is 22.4 Å². The quantitative estimate of drug-likeness (QED) is 0.332. The van der Waals surface area contributed by atoms with E-state index >= 15 is 0 Å². The number of alkyl halides is 4. The van der Waals surface area contributed by atoms with Crippen LogP contribution in [0.5, 0.6) is 0 Å². The zero-order valence-electron chi connectivity index (χ0n) is 17.7. The number of carbonyl (C=O) groups excluding carboxylic acids is 3. The van der Waals surface area contributed by atoms with Crippen molar-refractivity contribution in [1.29, 1.82) is 0 Å². The Hall–Kier alpha value is -3.68. The molecule has 3 N–H and O–H groups in total. The highest BCUT2D eigenvalue weighted by molar-refractivity contribution is 7.18. The molecule has 0 aliphatic rings. The molecule has 3 heterocycles. The molecule has 0 bridgehead atoms. The van der Waals surface area contributed by atoms with E-state index in [-0.39, 0.29) is 39.1 Å². The second-order valence-electron chi connectivity index (χ2n) is 6.82. The summed E-state index contributed by atoms with van der Waals surface area (Å²) >= 11 is 0.774. The number of hydrogen-bond donors (Lipinski definition) is 2. The summed E-state index contributed by atoms with van der Waals surface area (Å²) in [4.78, 5) is 36.7. The van der Waals surface area contributed by atoms with Crippen molar-refractivity contribution in [2.45, 2.75) is 33.2 Å². The minimum Gasteiger partial charge on any atom is -0.462 e. The number of amides is 2. The van der Waals surface area contributed by atoms with Gasteiger partial charge in [-0.05, 0) is 37.6 Å². The van der Waals surface area contributed by atoms with Crippen molar-refractivity contribution in [2.75, 3.05) is 11.9 Å². The van der Waals surface area contributed by atoms with Crippen LogP contribution in [-0.2, 0) is 11.3 Å². The van der Waals surface area contributed by atoms with Crippen LogP contribution < -0.4 is 11.1 Å². The Morgan fingerprint density at radius 2 is 1.94 bits per heavy atom. The number of esters is 1. The number of nitrogens with one attached hydrogen (secondary N) is 1. The first-order valence-electron chi connectivity index (χ1n) is 9.67. The van der Waals surface area contributed by atoms with Gasteiger partial charge in [-0.2, -0.15) is 5.10 Å². The van der Waals surface area contributed by atoms with Crippen molar-refractivity contribution in [3.05, 3.63) is 57.1 Å².